The third-order valence-corrected chi connectivity index (χ3v) is 2.51. The number of aromatic nitrogens is 2. The van der Waals surface area contributed by atoms with Crippen molar-refractivity contribution in [3.63, 3.8) is 0 Å². The minimum atomic E-state index is -0.768. The van der Waals surface area contributed by atoms with Crippen LogP contribution in [0.15, 0.2) is 42.9 Å². The van der Waals surface area contributed by atoms with Gasteiger partial charge in [-0.2, -0.15) is 0 Å². The molecular formula is C13H14N2O2. The van der Waals surface area contributed by atoms with E-state index in [4.69, 9.17) is 4.74 Å². The second-order valence-corrected chi connectivity index (χ2v) is 3.66. The van der Waals surface area contributed by atoms with Gasteiger partial charge in [0.1, 0.15) is 6.10 Å². The molecular weight excluding hydrogens is 216 g/mol. The van der Waals surface area contributed by atoms with Crippen LogP contribution in [-0.4, -0.2) is 22.2 Å². The highest BCUT2D eigenvalue weighted by Crippen LogP contribution is 2.23. The fraction of sp³-hybridized carbons (Fsp3) is 0.231. The van der Waals surface area contributed by atoms with Crippen molar-refractivity contribution in [2.45, 2.75) is 12.7 Å². The number of methoxy groups -OCH3 is 1. The molecule has 0 aliphatic heterocycles. The van der Waals surface area contributed by atoms with Crippen LogP contribution in [0, 0.1) is 0 Å². The van der Waals surface area contributed by atoms with Crippen molar-refractivity contribution in [1.82, 2.24) is 9.97 Å². The van der Waals surface area contributed by atoms with Gasteiger partial charge in [-0.15, -0.1) is 0 Å². The minimum Gasteiger partial charge on any atom is -0.382 e. The van der Waals surface area contributed by atoms with E-state index in [-0.39, 0.29) is 0 Å². The summed E-state index contributed by atoms with van der Waals surface area (Å²) in [4.78, 5) is 8.06. The van der Waals surface area contributed by atoms with E-state index >= 15 is 0 Å². The maximum atomic E-state index is 10.2. The van der Waals surface area contributed by atoms with E-state index in [1.807, 2.05) is 24.3 Å². The summed E-state index contributed by atoms with van der Waals surface area (Å²) < 4.78 is 5.11. The Morgan fingerprint density at radius 3 is 2.82 bits per heavy atom. The second-order valence-electron chi connectivity index (χ2n) is 3.66. The first kappa shape index (κ1) is 11.7. The lowest BCUT2D eigenvalue weighted by atomic mass is 10.0. The summed E-state index contributed by atoms with van der Waals surface area (Å²) in [6, 6.07) is 7.60. The van der Waals surface area contributed by atoms with E-state index in [0.717, 1.165) is 11.1 Å². The van der Waals surface area contributed by atoms with E-state index in [9.17, 15) is 5.11 Å². The Labute approximate surface area is 99.9 Å². The lowest BCUT2D eigenvalue weighted by Gasteiger charge is -2.14. The fourth-order valence-corrected chi connectivity index (χ4v) is 1.70. The molecule has 1 aromatic carbocycles. The maximum Gasteiger partial charge on any atom is 0.123 e. The molecule has 1 aromatic heterocycles. The standard InChI is InChI=1S/C13H14N2O2/c1-17-9-10-4-2-3-5-11(10)13(16)12-8-14-6-7-15-12/h2-8,13,16H,9H2,1H3. The van der Waals surface area contributed by atoms with Crippen molar-refractivity contribution < 1.29 is 9.84 Å². The van der Waals surface area contributed by atoms with E-state index < -0.39 is 6.10 Å². The molecule has 17 heavy (non-hydrogen) atoms. The molecule has 1 N–H and O–H groups in total. The van der Waals surface area contributed by atoms with Gasteiger partial charge in [-0.05, 0) is 11.1 Å². The summed E-state index contributed by atoms with van der Waals surface area (Å²) in [6.45, 7) is 0.466. The zero-order chi connectivity index (χ0) is 12.1. The van der Waals surface area contributed by atoms with E-state index in [1.165, 1.54) is 0 Å². The van der Waals surface area contributed by atoms with Crippen LogP contribution in [-0.2, 0) is 11.3 Å². The van der Waals surface area contributed by atoms with Gasteiger partial charge in [-0.3, -0.25) is 9.97 Å². The third kappa shape index (κ3) is 2.67. The Kier molecular flexibility index (Phi) is 3.80. The van der Waals surface area contributed by atoms with Crippen LogP contribution in [0.1, 0.15) is 22.9 Å². The molecule has 0 aliphatic rings. The Balaban J connectivity index is 2.33. The Morgan fingerprint density at radius 1 is 1.29 bits per heavy atom. The molecule has 0 bridgehead atoms. The predicted octanol–water partition coefficient (Wildman–Crippen LogP) is 1.70. The molecule has 88 valence electrons. The summed E-state index contributed by atoms with van der Waals surface area (Å²) in [7, 11) is 1.63. The monoisotopic (exact) mass is 230 g/mol. The topological polar surface area (TPSA) is 55.2 Å². The second kappa shape index (κ2) is 5.52. The summed E-state index contributed by atoms with van der Waals surface area (Å²) in [5, 5.41) is 10.2. The van der Waals surface area contributed by atoms with Crippen LogP contribution in [0.2, 0.25) is 0 Å². The highest BCUT2D eigenvalue weighted by molar-refractivity contribution is 5.32. The molecule has 1 unspecified atom stereocenters. The molecule has 0 amide bonds. The van der Waals surface area contributed by atoms with Gasteiger partial charge in [0.15, 0.2) is 0 Å². The van der Waals surface area contributed by atoms with Crippen molar-refractivity contribution in [3.8, 4) is 0 Å². The molecule has 0 aliphatic carbocycles. The number of benzene rings is 1. The van der Waals surface area contributed by atoms with Crippen LogP contribution in [0.25, 0.3) is 0 Å². The zero-order valence-corrected chi connectivity index (χ0v) is 9.58. The van der Waals surface area contributed by atoms with Crippen LogP contribution in [0.3, 0.4) is 0 Å². The molecule has 0 fully saturated rings. The van der Waals surface area contributed by atoms with Crippen molar-refractivity contribution in [2.75, 3.05) is 7.11 Å². The fourth-order valence-electron chi connectivity index (χ4n) is 1.70. The molecule has 1 atom stereocenters. The van der Waals surface area contributed by atoms with Gasteiger partial charge < -0.3 is 9.84 Å². The van der Waals surface area contributed by atoms with Gasteiger partial charge in [0.25, 0.3) is 0 Å². The van der Waals surface area contributed by atoms with Gasteiger partial charge in [0.2, 0.25) is 0 Å². The van der Waals surface area contributed by atoms with Crippen LogP contribution >= 0.6 is 0 Å². The van der Waals surface area contributed by atoms with Gasteiger partial charge in [-0.1, -0.05) is 24.3 Å². The Bertz CT molecular complexity index is 474. The Hall–Kier alpha value is -1.78. The Morgan fingerprint density at radius 2 is 2.12 bits per heavy atom. The quantitative estimate of drug-likeness (QED) is 0.868. The number of aliphatic hydroxyl groups is 1. The van der Waals surface area contributed by atoms with E-state index in [0.29, 0.717) is 12.3 Å². The summed E-state index contributed by atoms with van der Waals surface area (Å²) >= 11 is 0. The molecule has 0 radical (unpaired) electrons. The molecule has 2 rings (SSSR count). The number of nitrogens with zero attached hydrogens (tertiary/aromatic N) is 2. The number of hydrogen-bond donors (Lipinski definition) is 1. The molecule has 0 saturated carbocycles. The van der Waals surface area contributed by atoms with Crippen molar-refractivity contribution in [2.24, 2.45) is 0 Å². The van der Waals surface area contributed by atoms with Gasteiger partial charge in [-0.25, -0.2) is 0 Å². The summed E-state index contributed by atoms with van der Waals surface area (Å²) in [6.07, 6.45) is 3.94. The van der Waals surface area contributed by atoms with Gasteiger partial charge in [0.05, 0.1) is 18.5 Å². The van der Waals surface area contributed by atoms with Crippen LogP contribution < -0.4 is 0 Å². The molecule has 4 nitrogen and oxygen atoms in total. The average molecular weight is 230 g/mol. The van der Waals surface area contributed by atoms with E-state index in [2.05, 4.69) is 9.97 Å². The highest BCUT2D eigenvalue weighted by atomic mass is 16.5. The lowest BCUT2D eigenvalue weighted by Crippen LogP contribution is -2.06. The first-order valence-electron chi connectivity index (χ1n) is 5.33. The first-order valence-corrected chi connectivity index (χ1v) is 5.33. The smallest absolute Gasteiger partial charge is 0.123 e. The normalized spacial score (nSPS) is 12.4. The third-order valence-electron chi connectivity index (χ3n) is 2.51. The van der Waals surface area contributed by atoms with Crippen molar-refractivity contribution in [1.29, 1.82) is 0 Å². The van der Waals surface area contributed by atoms with Crippen molar-refractivity contribution >= 4 is 0 Å². The minimum absolute atomic E-state index is 0.466. The van der Waals surface area contributed by atoms with E-state index in [1.54, 1.807) is 25.7 Å². The number of ether oxygens (including phenoxy) is 1. The van der Waals surface area contributed by atoms with Gasteiger partial charge >= 0.3 is 0 Å². The summed E-state index contributed by atoms with van der Waals surface area (Å²) in [5.41, 5.74) is 2.29. The largest absolute Gasteiger partial charge is 0.382 e. The summed E-state index contributed by atoms with van der Waals surface area (Å²) in [5.74, 6) is 0. The predicted molar refractivity (Wildman–Crippen MR) is 63.2 cm³/mol. The molecule has 1 heterocycles. The highest BCUT2D eigenvalue weighted by Gasteiger charge is 2.15. The molecule has 4 heteroatoms. The first-order chi connectivity index (χ1) is 8.33. The molecule has 0 saturated heterocycles. The van der Waals surface area contributed by atoms with Crippen LogP contribution in [0.5, 0.6) is 0 Å². The number of rotatable bonds is 4. The SMILES string of the molecule is COCc1ccccc1C(O)c1cnccn1. The van der Waals surface area contributed by atoms with Gasteiger partial charge in [0, 0.05) is 19.5 Å². The zero-order valence-electron chi connectivity index (χ0n) is 9.58. The molecule has 2 aromatic rings. The number of hydrogen-bond acceptors (Lipinski definition) is 4. The van der Waals surface area contributed by atoms with Crippen molar-refractivity contribution in [3.05, 3.63) is 59.7 Å². The lowest BCUT2D eigenvalue weighted by molar-refractivity contribution is 0.175. The molecule has 0 spiro atoms. The number of aliphatic hydroxyl groups excluding tert-OH is 1. The van der Waals surface area contributed by atoms with Crippen LogP contribution in [0.4, 0.5) is 0 Å². The maximum absolute atomic E-state index is 10.2. The average Bonchev–Trinajstić information content (AvgIpc) is 2.40.